The van der Waals surface area contributed by atoms with Crippen LogP contribution in [0.25, 0.3) is 0 Å². The van der Waals surface area contributed by atoms with Crippen molar-refractivity contribution in [1.82, 2.24) is 15.5 Å². The van der Waals surface area contributed by atoms with Gasteiger partial charge < -0.3 is 25.0 Å². The second-order valence-corrected chi connectivity index (χ2v) is 6.03. The molecule has 1 aliphatic rings. The van der Waals surface area contributed by atoms with Gasteiger partial charge in [0.2, 0.25) is 5.91 Å². The van der Waals surface area contributed by atoms with Crippen LogP contribution in [0.2, 0.25) is 0 Å². The molecule has 1 saturated heterocycles. The first kappa shape index (κ1) is 18.9. The molecule has 0 aromatic heterocycles. The number of hydrogen-bond donors (Lipinski definition) is 2. The fraction of sp³-hybridized carbons (Fsp3) is 0.556. The number of carbonyl (C=O) groups excluding carboxylic acids is 2. The van der Waals surface area contributed by atoms with Crippen molar-refractivity contribution >= 4 is 11.9 Å². The molecule has 1 aromatic carbocycles. The minimum Gasteiger partial charge on any atom is -0.497 e. The van der Waals surface area contributed by atoms with Gasteiger partial charge in [-0.05, 0) is 37.5 Å². The van der Waals surface area contributed by atoms with E-state index in [-0.39, 0.29) is 18.0 Å². The SMILES string of the molecule is COc1ccc(OC)c(C2CCCN2C(=O)NCCCNC(C)=O)c1. The van der Waals surface area contributed by atoms with E-state index in [1.54, 1.807) is 14.2 Å². The van der Waals surface area contributed by atoms with Gasteiger partial charge in [0.05, 0.1) is 20.3 Å². The van der Waals surface area contributed by atoms with Crippen LogP contribution in [0.5, 0.6) is 11.5 Å². The number of ether oxygens (including phenoxy) is 2. The van der Waals surface area contributed by atoms with Crippen LogP contribution >= 0.6 is 0 Å². The highest BCUT2D eigenvalue weighted by Gasteiger charge is 2.32. The molecule has 1 atom stereocenters. The molecule has 1 fully saturated rings. The zero-order chi connectivity index (χ0) is 18.2. The van der Waals surface area contributed by atoms with Crippen LogP contribution in [0.15, 0.2) is 18.2 Å². The van der Waals surface area contributed by atoms with Gasteiger partial charge in [0, 0.05) is 32.1 Å². The molecule has 0 radical (unpaired) electrons. The molecule has 25 heavy (non-hydrogen) atoms. The maximum absolute atomic E-state index is 12.5. The van der Waals surface area contributed by atoms with Crippen LogP contribution in [0.1, 0.15) is 37.8 Å². The first-order valence-corrected chi connectivity index (χ1v) is 8.57. The predicted molar refractivity (Wildman–Crippen MR) is 94.9 cm³/mol. The molecule has 0 bridgehead atoms. The van der Waals surface area contributed by atoms with Gasteiger partial charge in [-0.3, -0.25) is 4.79 Å². The van der Waals surface area contributed by atoms with Gasteiger partial charge in [-0.25, -0.2) is 4.79 Å². The second kappa shape index (κ2) is 9.15. The summed E-state index contributed by atoms with van der Waals surface area (Å²) in [6.07, 6.45) is 2.54. The molecule has 138 valence electrons. The number of nitrogens with one attached hydrogen (secondary N) is 2. The fourth-order valence-electron chi connectivity index (χ4n) is 3.08. The second-order valence-electron chi connectivity index (χ2n) is 6.03. The Morgan fingerprint density at radius 3 is 2.64 bits per heavy atom. The topological polar surface area (TPSA) is 79.9 Å². The van der Waals surface area contributed by atoms with Crippen LogP contribution in [0.3, 0.4) is 0 Å². The monoisotopic (exact) mass is 349 g/mol. The van der Waals surface area contributed by atoms with Crippen LogP contribution in [0, 0.1) is 0 Å². The highest BCUT2D eigenvalue weighted by molar-refractivity contribution is 5.75. The average Bonchev–Trinajstić information content (AvgIpc) is 3.10. The standard InChI is InChI=1S/C18H27N3O4/c1-13(22)19-9-5-10-20-18(23)21-11-4-6-16(21)15-12-14(24-2)7-8-17(15)25-3/h7-8,12,16H,4-6,9-11H2,1-3H3,(H,19,22)(H,20,23). The number of nitrogens with zero attached hydrogens (tertiary/aromatic N) is 1. The van der Waals surface area contributed by atoms with Crippen LogP contribution in [0.4, 0.5) is 4.79 Å². The Morgan fingerprint density at radius 1 is 1.20 bits per heavy atom. The van der Waals surface area contributed by atoms with E-state index in [9.17, 15) is 9.59 Å². The summed E-state index contributed by atoms with van der Waals surface area (Å²) < 4.78 is 10.8. The molecular formula is C18H27N3O4. The van der Waals surface area contributed by atoms with Crippen molar-refractivity contribution in [3.05, 3.63) is 23.8 Å². The maximum atomic E-state index is 12.5. The lowest BCUT2D eigenvalue weighted by Crippen LogP contribution is -2.40. The Balaban J connectivity index is 1.99. The molecule has 3 amide bonds. The van der Waals surface area contributed by atoms with E-state index in [1.807, 2.05) is 23.1 Å². The number of benzene rings is 1. The van der Waals surface area contributed by atoms with Crippen molar-refractivity contribution < 1.29 is 19.1 Å². The maximum Gasteiger partial charge on any atom is 0.317 e. The lowest BCUT2D eigenvalue weighted by Gasteiger charge is -2.27. The van der Waals surface area contributed by atoms with E-state index in [0.717, 1.165) is 29.9 Å². The van der Waals surface area contributed by atoms with Gasteiger partial charge in [0.25, 0.3) is 0 Å². The summed E-state index contributed by atoms with van der Waals surface area (Å²) in [6.45, 7) is 3.28. The van der Waals surface area contributed by atoms with Crippen LogP contribution in [-0.4, -0.2) is 50.7 Å². The number of amides is 3. The van der Waals surface area contributed by atoms with Gasteiger partial charge in [-0.15, -0.1) is 0 Å². The van der Waals surface area contributed by atoms with E-state index >= 15 is 0 Å². The lowest BCUT2D eigenvalue weighted by molar-refractivity contribution is -0.118. The van der Waals surface area contributed by atoms with Gasteiger partial charge in [0.15, 0.2) is 0 Å². The Kier molecular flexibility index (Phi) is 6.91. The van der Waals surface area contributed by atoms with Gasteiger partial charge in [-0.1, -0.05) is 0 Å². The molecule has 2 N–H and O–H groups in total. The highest BCUT2D eigenvalue weighted by atomic mass is 16.5. The summed E-state index contributed by atoms with van der Waals surface area (Å²) in [5.41, 5.74) is 0.966. The molecule has 2 rings (SSSR count). The number of carbonyl (C=O) groups is 2. The fourth-order valence-corrected chi connectivity index (χ4v) is 3.08. The molecule has 1 aromatic rings. The first-order chi connectivity index (χ1) is 12.1. The third kappa shape index (κ3) is 5.01. The minimum atomic E-state index is -0.0878. The molecule has 0 aliphatic carbocycles. The normalized spacial score (nSPS) is 16.4. The molecule has 1 heterocycles. The lowest BCUT2D eigenvalue weighted by atomic mass is 10.0. The van der Waals surface area contributed by atoms with Crippen molar-refractivity contribution in [3.8, 4) is 11.5 Å². The summed E-state index contributed by atoms with van der Waals surface area (Å²) in [7, 11) is 3.26. The first-order valence-electron chi connectivity index (χ1n) is 8.57. The third-order valence-corrected chi connectivity index (χ3v) is 4.31. The summed E-state index contributed by atoms with van der Waals surface area (Å²) in [6, 6.07) is 5.54. The molecule has 1 aliphatic heterocycles. The Labute approximate surface area is 148 Å². The van der Waals surface area contributed by atoms with Gasteiger partial charge in [0.1, 0.15) is 11.5 Å². The van der Waals surface area contributed by atoms with E-state index in [4.69, 9.17) is 9.47 Å². The van der Waals surface area contributed by atoms with Gasteiger partial charge in [-0.2, -0.15) is 0 Å². The van der Waals surface area contributed by atoms with Gasteiger partial charge >= 0.3 is 6.03 Å². The van der Waals surface area contributed by atoms with Crippen molar-refractivity contribution in [2.45, 2.75) is 32.2 Å². The molecule has 1 unspecified atom stereocenters. The number of methoxy groups -OCH3 is 2. The quantitative estimate of drug-likeness (QED) is 0.739. The smallest absolute Gasteiger partial charge is 0.317 e. The van der Waals surface area contributed by atoms with Crippen molar-refractivity contribution in [3.63, 3.8) is 0 Å². The zero-order valence-electron chi connectivity index (χ0n) is 15.1. The molecule has 7 nitrogen and oxygen atoms in total. The van der Waals surface area contributed by atoms with Crippen molar-refractivity contribution in [1.29, 1.82) is 0 Å². The van der Waals surface area contributed by atoms with Crippen molar-refractivity contribution in [2.75, 3.05) is 33.9 Å². The van der Waals surface area contributed by atoms with Crippen molar-refractivity contribution in [2.24, 2.45) is 0 Å². The van der Waals surface area contributed by atoms with E-state index < -0.39 is 0 Å². The predicted octanol–water partition coefficient (Wildman–Crippen LogP) is 2.08. The largest absolute Gasteiger partial charge is 0.497 e. The summed E-state index contributed by atoms with van der Waals surface area (Å²) in [5, 5.41) is 5.64. The third-order valence-electron chi connectivity index (χ3n) is 4.31. The molecule has 0 spiro atoms. The summed E-state index contributed by atoms with van der Waals surface area (Å²) in [4.78, 5) is 25.2. The number of likely N-dealkylation sites (tertiary alicyclic amines) is 1. The highest BCUT2D eigenvalue weighted by Crippen LogP contribution is 2.38. The average molecular weight is 349 g/mol. The molecule has 7 heteroatoms. The summed E-state index contributed by atoms with van der Waals surface area (Å²) in [5.74, 6) is 1.45. The Morgan fingerprint density at radius 2 is 1.96 bits per heavy atom. The van der Waals surface area contributed by atoms with E-state index in [0.29, 0.717) is 26.1 Å². The van der Waals surface area contributed by atoms with Crippen LogP contribution in [-0.2, 0) is 4.79 Å². The molecule has 0 saturated carbocycles. The number of hydrogen-bond acceptors (Lipinski definition) is 4. The molecular weight excluding hydrogens is 322 g/mol. The Hall–Kier alpha value is -2.44. The summed E-state index contributed by atoms with van der Waals surface area (Å²) >= 11 is 0. The number of urea groups is 1. The minimum absolute atomic E-state index is 0.0274. The van der Waals surface area contributed by atoms with Crippen LogP contribution < -0.4 is 20.1 Å². The number of rotatable bonds is 7. The zero-order valence-corrected chi connectivity index (χ0v) is 15.1. The van der Waals surface area contributed by atoms with E-state index in [2.05, 4.69) is 10.6 Å². The van der Waals surface area contributed by atoms with E-state index in [1.165, 1.54) is 6.92 Å². The Bertz CT molecular complexity index is 606.